The van der Waals surface area contributed by atoms with Gasteiger partial charge in [-0.05, 0) is 29.8 Å². The number of Topliss-reactive ketones (excluding diaryl/α,β-unsaturated/α-hetero) is 2. The predicted molar refractivity (Wildman–Crippen MR) is 167 cm³/mol. The topological polar surface area (TPSA) is 193 Å². The number of nitrogens with one attached hydrogen (secondary N) is 1. The molecule has 2 aliphatic rings. The van der Waals surface area contributed by atoms with E-state index in [1.807, 2.05) is 0 Å². The number of phenolic OH excluding ortho intramolecular Hbond substituents is 1. The molecular formula is C33H30ClN3O11. The van der Waals surface area contributed by atoms with Crippen molar-refractivity contribution in [3.63, 3.8) is 0 Å². The number of fused-ring (bicyclic) bond motifs is 1. The van der Waals surface area contributed by atoms with Crippen LogP contribution in [0.1, 0.15) is 47.5 Å². The van der Waals surface area contributed by atoms with Crippen molar-refractivity contribution < 1.29 is 52.5 Å². The molecule has 2 aromatic heterocycles. The Kier molecular flexibility index (Phi) is 8.52. The normalized spacial score (nSPS) is 19.2. The molecule has 0 bridgehead atoms. The van der Waals surface area contributed by atoms with Gasteiger partial charge in [-0.2, -0.15) is 4.98 Å². The summed E-state index contributed by atoms with van der Waals surface area (Å²) < 4.78 is 32.8. The summed E-state index contributed by atoms with van der Waals surface area (Å²) in [6.45, 7) is 1.44. The fraction of sp³-hybridized carbons (Fsp3) is 0.303. The second-order valence-corrected chi connectivity index (χ2v) is 11.6. The van der Waals surface area contributed by atoms with Crippen LogP contribution in [0.2, 0.25) is 5.02 Å². The van der Waals surface area contributed by atoms with E-state index in [1.54, 1.807) is 19.1 Å². The maximum atomic E-state index is 14.3. The number of hydrogen-bond acceptors (Lipinski definition) is 13. The van der Waals surface area contributed by atoms with Crippen molar-refractivity contribution in [2.45, 2.75) is 37.8 Å². The molecule has 14 nitrogen and oxygen atoms in total. The third kappa shape index (κ3) is 5.27. The Morgan fingerprint density at radius 3 is 2.54 bits per heavy atom. The molecule has 4 aromatic rings. The first kappa shape index (κ1) is 32.4. The second-order valence-electron chi connectivity index (χ2n) is 11.2. The Hall–Kier alpha value is -5.50. The summed E-state index contributed by atoms with van der Waals surface area (Å²) in [6, 6.07) is 9.00. The third-order valence-corrected chi connectivity index (χ3v) is 8.86. The van der Waals surface area contributed by atoms with Crippen molar-refractivity contribution in [1.29, 1.82) is 0 Å². The number of phenols is 1. The highest BCUT2D eigenvalue weighted by molar-refractivity contribution is 6.35. The molecule has 0 fully saturated rings. The number of allylic oxidation sites excluding steroid dienone is 1. The van der Waals surface area contributed by atoms with E-state index < -0.39 is 40.7 Å². The van der Waals surface area contributed by atoms with Crippen molar-refractivity contribution in [2.24, 2.45) is 5.92 Å². The highest BCUT2D eigenvalue weighted by Gasteiger charge is 2.61. The van der Waals surface area contributed by atoms with Crippen LogP contribution in [-0.2, 0) is 16.1 Å². The molecule has 0 saturated carbocycles. The van der Waals surface area contributed by atoms with Crippen LogP contribution >= 0.6 is 11.6 Å². The summed E-state index contributed by atoms with van der Waals surface area (Å²) in [7, 11) is 4.08. The first-order valence-corrected chi connectivity index (χ1v) is 15.1. The second kappa shape index (κ2) is 12.6. The Morgan fingerprint density at radius 2 is 1.85 bits per heavy atom. The molecule has 3 heterocycles. The molecule has 1 spiro atoms. The number of halogens is 1. The van der Waals surface area contributed by atoms with Crippen LogP contribution in [0.15, 0.2) is 62.9 Å². The lowest BCUT2D eigenvalue weighted by atomic mass is 9.69. The molecule has 6 rings (SSSR count). The molecule has 250 valence electrons. The van der Waals surface area contributed by atoms with Crippen LogP contribution in [0, 0.1) is 5.92 Å². The Morgan fingerprint density at radius 1 is 1.10 bits per heavy atom. The molecule has 3 atom stereocenters. The minimum Gasteiger partial charge on any atom is -0.507 e. The van der Waals surface area contributed by atoms with Gasteiger partial charge in [-0.3, -0.25) is 14.4 Å². The third-order valence-electron chi connectivity index (χ3n) is 8.50. The number of carbonyl (C=O) groups is 3. The van der Waals surface area contributed by atoms with Gasteiger partial charge < -0.3 is 43.4 Å². The van der Waals surface area contributed by atoms with Gasteiger partial charge in [0.15, 0.2) is 34.6 Å². The molecule has 1 amide bonds. The van der Waals surface area contributed by atoms with Crippen molar-refractivity contribution in [1.82, 2.24) is 15.5 Å². The molecule has 1 aliphatic heterocycles. The van der Waals surface area contributed by atoms with Crippen LogP contribution in [0.3, 0.4) is 0 Å². The smallest absolute Gasteiger partial charge is 0.246 e. The number of rotatable bonds is 10. The number of ketones is 2. The van der Waals surface area contributed by atoms with Crippen molar-refractivity contribution >= 4 is 29.1 Å². The SMILES string of the molecule is COc1cc(C(CC(=O)NCc2nc(-c3ccco3)no2)C2=C(O)C3(Oc4c(Cl)c(OC)cc(OC)c4C3=O)C(C)CC2=O)ccc1O. The van der Waals surface area contributed by atoms with Gasteiger partial charge in [-0.25, -0.2) is 0 Å². The maximum absolute atomic E-state index is 14.3. The number of ether oxygens (including phenoxy) is 4. The van der Waals surface area contributed by atoms with Crippen LogP contribution in [0.25, 0.3) is 11.6 Å². The Bertz CT molecular complexity index is 1950. The van der Waals surface area contributed by atoms with E-state index in [9.17, 15) is 24.6 Å². The van der Waals surface area contributed by atoms with Gasteiger partial charge in [0.05, 0.1) is 34.1 Å². The predicted octanol–water partition coefficient (Wildman–Crippen LogP) is 4.94. The van der Waals surface area contributed by atoms with Crippen LogP contribution < -0.4 is 24.3 Å². The number of aromatic nitrogens is 2. The number of aliphatic hydroxyl groups is 1. The van der Waals surface area contributed by atoms with Gasteiger partial charge in [0.25, 0.3) is 0 Å². The molecule has 1 aliphatic carbocycles. The van der Waals surface area contributed by atoms with E-state index in [2.05, 4.69) is 15.5 Å². The number of benzene rings is 2. The zero-order valence-electron chi connectivity index (χ0n) is 26.2. The summed E-state index contributed by atoms with van der Waals surface area (Å²) >= 11 is 6.57. The van der Waals surface area contributed by atoms with Crippen LogP contribution in [0.4, 0.5) is 0 Å². The maximum Gasteiger partial charge on any atom is 0.246 e. The number of carbonyl (C=O) groups excluding carboxylic acids is 3. The molecule has 0 saturated heterocycles. The molecule has 3 unspecified atom stereocenters. The quantitative estimate of drug-likeness (QED) is 0.204. The van der Waals surface area contributed by atoms with E-state index in [0.29, 0.717) is 11.3 Å². The Balaban J connectivity index is 1.40. The number of amides is 1. The molecule has 3 N–H and O–H groups in total. The number of aromatic hydroxyl groups is 1. The van der Waals surface area contributed by atoms with Crippen molar-refractivity contribution in [3.05, 3.63) is 76.0 Å². The minimum atomic E-state index is -2.07. The van der Waals surface area contributed by atoms with Gasteiger partial charge in [0, 0.05) is 36.3 Å². The van der Waals surface area contributed by atoms with Gasteiger partial charge in [0.2, 0.25) is 29.0 Å². The fourth-order valence-corrected chi connectivity index (χ4v) is 6.37. The molecule has 2 aromatic carbocycles. The lowest BCUT2D eigenvalue weighted by molar-refractivity contribution is -0.122. The Labute approximate surface area is 278 Å². The van der Waals surface area contributed by atoms with Gasteiger partial charge in [-0.15, -0.1) is 0 Å². The monoisotopic (exact) mass is 679 g/mol. The average molecular weight is 680 g/mol. The van der Waals surface area contributed by atoms with E-state index in [4.69, 9.17) is 39.5 Å². The highest BCUT2D eigenvalue weighted by atomic mass is 35.5. The first-order chi connectivity index (χ1) is 23.0. The lowest BCUT2D eigenvalue weighted by Crippen LogP contribution is -2.53. The van der Waals surface area contributed by atoms with Gasteiger partial charge in [-0.1, -0.05) is 29.7 Å². The summed E-state index contributed by atoms with van der Waals surface area (Å²) in [4.78, 5) is 45.8. The zero-order valence-corrected chi connectivity index (χ0v) is 26.9. The first-order valence-electron chi connectivity index (χ1n) is 14.7. The minimum absolute atomic E-state index is 0.0209. The molecule has 48 heavy (non-hydrogen) atoms. The van der Waals surface area contributed by atoms with E-state index in [-0.39, 0.29) is 76.0 Å². The highest BCUT2D eigenvalue weighted by Crippen LogP contribution is 2.56. The summed E-state index contributed by atoms with van der Waals surface area (Å²) in [5.41, 5.74) is -1.99. The van der Waals surface area contributed by atoms with Gasteiger partial charge >= 0.3 is 0 Å². The number of methoxy groups -OCH3 is 3. The lowest BCUT2D eigenvalue weighted by Gasteiger charge is -2.38. The van der Waals surface area contributed by atoms with Crippen LogP contribution in [-0.4, -0.2) is 64.8 Å². The van der Waals surface area contributed by atoms with E-state index in [0.717, 1.165) is 0 Å². The molecular weight excluding hydrogens is 650 g/mol. The van der Waals surface area contributed by atoms with E-state index >= 15 is 0 Å². The van der Waals surface area contributed by atoms with E-state index in [1.165, 1.54) is 51.9 Å². The molecule has 15 heteroatoms. The number of nitrogens with zero attached hydrogens (tertiary/aromatic N) is 2. The number of aliphatic hydroxyl groups excluding tert-OH is 1. The summed E-state index contributed by atoms with van der Waals surface area (Å²) in [5, 5.41) is 28.8. The number of furan rings is 1. The van der Waals surface area contributed by atoms with Crippen molar-refractivity contribution in [2.75, 3.05) is 21.3 Å². The molecule has 0 radical (unpaired) electrons. The largest absolute Gasteiger partial charge is 0.507 e. The fourth-order valence-electron chi connectivity index (χ4n) is 6.10. The summed E-state index contributed by atoms with van der Waals surface area (Å²) in [5.74, 6) is -3.69. The standard InChI is InChI=1S/C33H30ClN3O11/c1-15-10-19(39)26(30(41)33(15)31(42)27-22(44-3)13-23(45-4)28(34)29(27)47-33)17(16-7-8-18(38)21(11-16)43-2)12-24(40)35-14-25-36-32(37-48-25)20-6-5-9-46-20/h5-9,11,13,15,17,38,41H,10,12,14H2,1-4H3,(H,35,40). The zero-order chi connectivity index (χ0) is 34.3. The number of hydrogen-bond donors (Lipinski definition) is 3. The van der Waals surface area contributed by atoms with Gasteiger partial charge in [0.1, 0.15) is 22.1 Å². The van der Waals surface area contributed by atoms with Crippen molar-refractivity contribution in [3.8, 4) is 40.3 Å². The summed E-state index contributed by atoms with van der Waals surface area (Å²) in [6.07, 6.45) is 0.848. The van der Waals surface area contributed by atoms with Crippen LogP contribution in [0.5, 0.6) is 28.7 Å². The average Bonchev–Trinajstić information content (AvgIpc) is 3.84.